The number of benzene rings is 2. The molecule has 19 heavy (non-hydrogen) atoms. The molecule has 0 radical (unpaired) electrons. The fourth-order valence-corrected chi connectivity index (χ4v) is 3.36. The molecule has 3 rings (SSSR count). The predicted molar refractivity (Wildman–Crippen MR) is 80.3 cm³/mol. The number of nitrogens with two attached hydrogens (primary N) is 1. The first kappa shape index (κ1) is 12.4. The molecule has 98 valence electrons. The molecule has 0 bridgehead atoms. The zero-order valence-electron chi connectivity index (χ0n) is 11.7. The largest absolute Gasteiger partial charge is 0.318 e. The number of hydrogen-bond acceptors (Lipinski definition) is 1. The van der Waals surface area contributed by atoms with Crippen LogP contribution >= 0.6 is 0 Å². The lowest BCUT2D eigenvalue weighted by molar-refractivity contribution is 0.440. The Balaban J connectivity index is 2.21. The van der Waals surface area contributed by atoms with Crippen molar-refractivity contribution >= 4 is 0 Å². The van der Waals surface area contributed by atoms with Crippen LogP contribution in [0.5, 0.6) is 0 Å². The molecule has 2 aromatic carbocycles. The first-order valence-electron chi connectivity index (χ1n) is 7.06. The third-order valence-electron chi connectivity index (χ3n) is 4.39. The topological polar surface area (TPSA) is 26.0 Å². The Morgan fingerprint density at radius 2 is 1.79 bits per heavy atom. The van der Waals surface area contributed by atoms with Gasteiger partial charge in [0.25, 0.3) is 0 Å². The molecule has 1 heteroatoms. The molecule has 0 saturated heterocycles. The van der Waals surface area contributed by atoms with E-state index in [1.165, 1.54) is 34.2 Å². The van der Waals surface area contributed by atoms with Crippen molar-refractivity contribution in [2.75, 3.05) is 0 Å². The predicted octanol–water partition coefficient (Wildman–Crippen LogP) is 3.84. The Bertz CT molecular complexity index is 615. The summed E-state index contributed by atoms with van der Waals surface area (Å²) >= 11 is 0. The quantitative estimate of drug-likeness (QED) is 0.818. The number of rotatable bonds is 1. The maximum Gasteiger partial charge on any atom is 0.0671 e. The molecular weight excluding hydrogens is 230 g/mol. The molecule has 2 aromatic rings. The molecule has 1 atom stereocenters. The highest BCUT2D eigenvalue weighted by Gasteiger charge is 2.35. The van der Waals surface area contributed by atoms with Gasteiger partial charge in [-0.3, -0.25) is 0 Å². The molecule has 1 aliphatic rings. The normalized spacial score (nSPS) is 22.1. The van der Waals surface area contributed by atoms with Crippen molar-refractivity contribution in [3.05, 3.63) is 70.3 Å². The van der Waals surface area contributed by atoms with Gasteiger partial charge in [0.15, 0.2) is 0 Å². The van der Waals surface area contributed by atoms with E-state index in [-0.39, 0.29) is 5.54 Å². The number of aryl methyl sites for hydroxylation is 3. The van der Waals surface area contributed by atoms with Crippen LogP contribution in [-0.2, 0) is 12.0 Å². The molecule has 0 fully saturated rings. The van der Waals surface area contributed by atoms with Crippen LogP contribution in [0, 0.1) is 13.8 Å². The highest BCUT2D eigenvalue weighted by atomic mass is 14.8. The van der Waals surface area contributed by atoms with E-state index in [9.17, 15) is 0 Å². The smallest absolute Gasteiger partial charge is 0.0671 e. The minimum Gasteiger partial charge on any atom is -0.318 e. The van der Waals surface area contributed by atoms with E-state index in [1.807, 2.05) is 0 Å². The van der Waals surface area contributed by atoms with Gasteiger partial charge in [0.2, 0.25) is 0 Å². The van der Waals surface area contributed by atoms with Gasteiger partial charge in [0.1, 0.15) is 0 Å². The standard InChI is InChI=1S/C18H21N/c1-13-9-10-14(2)17(12-13)18(19)11-5-7-15-6-3-4-8-16(15)18/h3-4,6,8-10,12H,5,7,11,19H2,1-2H3. The lowest BCUT2D eigenvalue weighted by Crippen LogP contribution is -2.41. The van der Waals surface area contributed by atoms with Gasteiger partial charge < -0.3 is 5.73 Å². The van der Waals surface area contributed by atoms with Crippen molar-refractivity contribution in [1.82, 2.24) is 0 Å². The summed E-state index contributed by atoms with van der Waals surface area (Å²) in [6.45, 7) is 4.31. The van der Waals surface area contributed by atoms with Crippen molar-refractivity contribution in [2.45, 2.75) is 38.6 Å². The molecule has 0 aromatic heterocycles. The summed E-state index contributed by atoms with van der Waals surface area (Å²) in [5.74, 6) is 0. The van der Waals surface area contributed by atoms with Crippen LogP contribution in [-0.4, -0.2) is 0 Å². The molecule has 0 saturated carbocycles. The Labute approximate surface area is 115 Å². The average molecular weight is 251 g/mol. The van der Waals surface area contributed by atoms with E-state index in [0.29, 0.717) is 0 Å². The van der Waals surface area contributed by atoms with E-state index < -0.39 is 0 Å². The van der Waals surface area contributed by atoms with Crippen molar-refractivity contribution in [1.29, 1.82) is 0 Å². The Morgan fingerprint density at radius 1 is 1.00 bits per heavy atom. The fraction of sp³-hybridized carbons (Fsp3) is 0.333. The van der Waals surface area contributed by atoms with E-state index in [4.69, 9.17) is 5.73 Å². The van der Waals surface area contributed by atoms with Gasteiger partial charge in [-0.25, -0.2) is 0 Å². The molecular formula is C18H21N. The van der Waals surface area contributed by atoms with Crippen LogP contribution in [0.1, 0.15) is 40.7 Å². The van der Waals surface area contributed by atoms with Crippen LogP contribution in [0.25, 0.3) is 0 Å². The fourth-order valence-electron chi connectivity index (χ4n) is 3.36. The molecule has 1 unspecified atom stereocenters. The molecule has 1 nitrogen and oxygen atoms in total. The van der Waals surface area contributed by atoms with Crippen molar-refractivity contribution in [3.8, 4) is 0 Å². The van der Waals surface area contributed by atoms with Crippen molar-refractivity contribution in [2.24, 2.45) is 5.73 Å². The minimum absolute atomic E-state index is 0.315. The molecule has 0 spiro atoms. The van der Waals surface area contributed by atoms with Crippen LogP contribution in [0.4, 0.5) is 0 Å². The monoisotopic (exact) mass is 251 g/mol. The molecule has 0 aliphatic heterocycles. The highest BCUT2D eigenvalue weighted by Crippen LogP contribution is 2.39. The average Bonchev–Trinajstić information content (AvgIpc) is 2.42. The van der Waals surface area contributed by atoms with Crippen molar-refractivity contribution < 1.29 is 0 Å². The SMILES string of the molecule is Cc1ccc(C)c(C2(N)CCCc3ccccc32)c1. The summed E-state index contributed by atoms with van der Waals surface area (Å²) in [6, 6.07) is 15.3. The van der Waals surface area contributed by atoms with E-state index >= 15 is 0 Å². The van der Waals surface area contributed by atoms with Gasteiger partial charge in [-0.2, -0.15) is 0 Å². The Hall–Kier alpha value is -1.60. The number of fused-ring (bicyclic) bond motifs is 1. The second-order valence-corrected chi connectivity index (χ2v) is 5.80. The summed E-state index contributed by atoms with van der Waals surface area (Å²) in [5.41, 5.74) is 13.1. The summed E-state index contributed by atoms with van der Waals surface area (Å²) < 4.78 is 0. The van der Waals surface area contributed by atoms with E-state index in [1.54, 1.807) is 0 Å². The molecule has 0 amide bonds. The van der Waals surface area contributed by atoms with Gasteiger partial charge in [-0.1, -0.05) is 48.0 Å². The summed E-state index contributed by atoms with van der Waals surface area (Å²) in [6.07, 6.45) is 3.36. The van der Waals surface area contributed by atoms with E-state index in [0.717, 1.165) is 12.8 Å². The zero-order chi connectivity index (χ0) is 13.5. The summed E-state index contributed by atoms with van der Waals surface area (Å²) in [5, 5.41) is 0. The Kier molecular flexibility index (Phi) is 2.94. The summed E-state index contributed by atoms with van der Waals surface area (Å²) in [7, 11) is 0. The van der Waals surface area contributed by atoms with Gasteiger partial charge in [0, 0.05) is 0 Å². The maximum absolute atomic E-state index is 6.86. The molecule has 2 N–H and O–H groups in total. The molecule has 0 heterocycles. The second-order valence-electron chi connectivity index (χ2n) is 5.80. The first-order chi connectivity index (χ1) is 9.11. The minimum atomic E-state index is -0.315. The zero-order valence-corrected chi connectivity index (χ0v) is 11.7. The third kappa shape index (κ3) is 1.98. The van der Waals surface area contributed by atoms with Crippen LogP contribution in [0.15, 0.2) is 42.5 Å². The Morgan fingerprint density at radius 3 is 2.63 bits per heavy atom. The van der Waals surface area contributed by atoms with Crippen LogP contribution < -0.4 is 5.73 Å². The maximum atomic E-state index is 6.86. The van der Waals surface area contributed by atoms with Gasteiger partial charge in [0.05, 0.1) is 5.54 Å². The van der Waals surface area contributed by atoms with Crippen LogP contribution in [0.2, 0.25) is 0 Å². The van der Waals surface area contributed by atoms with Gasteiger partial charge in [-0.15, -0.1) is 0 Å². The second kappa shape index (κ2) is 4.50. The van der Waals surface area contributed by atoms with Crippen LogP contribution in [0.3, 0.4) is 0 Å². The lowest BCUT2D eigenvalue weighted by Gasteiger charge is -2.37. The summed E-state index contributed by atoms with van der Waals surface area (Å²) in [4.78, 5) is 0. The van der Waals surface area contributed by atoms with Crippen molar-refractivity contribution in [3.63, 3.8) is 0 Å². The number of hydrogen-bond donors (Lipinski definition) is 1. The lowest BCUT2D eigenvalue weighted by atomic mass is 9.72. The van der Waals surface area contributed by atoms with Gasteiger partial charge in [-0.05, 0) is 55.4 Å². The van der Waals surface area contributed by atoms with Gasteiger partial charge >= 0.3 is 0 Å². The van der Waals surface area contributed by atoms with E-state index in [2.05, 4.69) is 56.3 Å². The highest BCUT2D eigenvalue weighted by molar-refractivity contribution is 5.48. The third-order valence-corrected chi connectivity index (χ3v) is 4.39. The first-order valence-corrected chi connectivity index (χ1v) is 7.06. The molecule has 1 aliphatic carbocycles.